The lowest BCUT2D eigenvalue weighted by atomic mass is 10.2. The second kappa shape index (κ2) is 2.39. The standard InChI is InChI=1S/C8H7ClF2N2/c9-5-1-2-6(13-3-5)7(12)4-8(7,10)11/h1-3H,4,12H2. The first-order valence-corrected chi connectivity index (χ1v) is 4.12. The van der Waals surface area contributed by atoms with E-state index in [1.165, 1.54) is 18.3 Å². The maximum absolute atomic E-state index is 12.8. The van der Waals surface area contributed by atoms with Crippen molar-refractivity contribution in [2.45, 2.75) is 17.9 Å². The van der Waals surface area contributed by atoms with E-state index in [0.29, 0.717) is 5.02 Å². The van der Waals surface area contributed by atoms with Crippen LogP contribution >= 0.6 is 11.6 Å². The zero-order valence-electron chi connectivity index (χ0n) is 6.60. The number of pyridine rings is 1. The molecule has 0 aliphatic heterocycles. The van der Waals surface area contributed by atoms with Crippen molar-refractivity contribution in [2.24, 2.45) is 5.73 Å². The van der Waals surface area contributed by atoms with Crippen LogP contribution in [0.5, 0.6) is 0 Å². The summed E-state index contributed by atoms with van der Waals surface area (Å²) >= 11 is 5.56. The van der Waals surface area contributed by atoms with E-state index in [-0.39, 0.29) is 12.1 Å². The van der Waals surface area contributed by atoms with Gasteiger partial charge in [-0.3, -0.25) is 4.98 Å². The van der Waals surface area contributed by atoms with Gasteiger partial charge in [-0.1, -0.05) is 11.6 Å². The first-order valence-electron chi connectivity index (χ1n) is 3.74. The summed E-state index contributed by atoms with van der Waals surface area (Å²) in [6.45, 7) is 0. The molecule has 1 saturated carbocycles. The van der Waals surface area contributed by atoms with Crippen molar-refractivity contribution in [3.8, 4) is 0 Å². The molecule has 1 fully saturated rings. The van der Waals surface area contributed by atoms with Crippen LogP contribution in [0.25, 0.3) is 0 Å². The Morgan fingerprint density at radius 2 is 2.08 bits per heavy atom. The number of halogens is 3. The van der Waals surface area contributed by atoms with Gasteiger partial charge in [0.05, 0.1) is 10.7 Å². The first-order chi connectivity index (χ1) is 5.96. The lowest BCUT2D eigenvalue weighted by molar-refractivity contribution is 0.0881. The molecule has 13 heavy (non-hydrogen) atoms. The van der Waals surface area contributed by atoms with E-state index in [0.717, 1.165) is 0 Å². The van der Waals surface area contributed by atoms with Crippen LogP contribution in [0.1, 0.15) is 12.1 Å². The van der Waals surface area contributed by atoms with Gasteiger partial charge in [0.25, 0.3) is 5.92 Å². The number of hydrogen-bond acceptors (Lipinski definition) is 2. The number of alkyl halides is 2. The number of hydrogen-bond donors (Lipinski definition) is 1. The molecule has 0 radical (unpaired) electrons. The molecule has 2 rings (SSSR count). The average molecular weight is 205 g/mol. The Hall–Kier alpha value is -0.740. The summed E-state index contributed by atoms with van der Waals surface area (Å²) in [6, 6.07) is 2.94. The predicted octanol–water partition coefficient (Wildman–Crippen LogP) is 1.93. The molecule has 1 unspecified atom stereocenters. The van der Waals surface area contributed by atoms with E-state index >= 15 is 0 Å². The Balaban J connectivity index is 2.34. The summed E-state index contributed by atoms with van der Waals surface area (Å²) < 4.78 is 25.5. The fourth-order valence-corrected chi connectivity index (χ4v) is 1.34. The first kappa shape index (κ1) is 8.84. The van der Waals surface area contributed by atoms with Gasteiger partial charge in [0.15, 0.2) is 0 Å². The maximum Gasteiger partial charge on any atom is 0.273 e. The molecular formula is C8H7ClF2N2. The molecule has 1 aliphatic rings. The van der Waals surface area contributed by atoms with Crippen LogP contribution in [0.15, 0.2) is 18.3 Å². The summed E-state index contributed by atoms with van der Waals surface area (Å²) in [4.78, 5) is 3.77. The third-order valence-electron chi connectivity index (χ3n) is 2.21. The van der Waals surface area contributed by atoms with Gasteiger partial charge in [0, 0.05) is 12.6 Å². The van der Waals surface area contributed by atoms with Crippen LogP contribution in [0.2, 0.25) is 5.02 Å². The minimum Gasteiger partial charge on any atom is -0.315 e. The molecule has 1 atom stereocenters. The summed E-state index contributed by atoms with van der Waals surface area (Å²) in [7, 11) is 0. The van der Waals surface area contributed by atoms with E-state index in [1.54, 1.807) is 0 Å². The lowest BCUT2D eigenvalue weighted by Crippen LogP contribution is -2.28. The molecule has 2 nitrogen and oxygen atoms in total. The zero-order valence-corrected chi connectivity index (χ0v) is 7.35. The molecule has 1 aromatic heterocycles. The normalized spacial score (nSPS) is 30.2. The van der Waals surface area contributed by atoms with Crippen LogP contribution in [0.3, 0.4) is 0 Å². The van der Waals surface area contributed by atoms with Gasteiger partial charge in [-0.2, -0.15) is 0 Å². The van der Waals surface area contributed by atoms with Gasteiger partial charge in [-0.15, -0.1) is 0 Å². The largest absolute Gasteiger partial charge is 0.315 e. The van der Waals surface area contributed by atoms with Gasteiger partial charge >= 0.3 is 0 Å². The Bertz CT molecular complexity index is 339. The van der Waals surface area contributed by atoms with E-state index in [2.05, 4.69) is 4.98 Å². The Labute approximate surface area is 78.7 Å². The molecule has 5 heteroatoms. The molecule has 1 heterocycles. The molecule has 0 aromatic carbocycles. The second-order valence-corrected chi connectivity index (χ2v) is 3.65. The zero-order chi connectivity index (χ0) is 9.69. The van der Waals surface area contributed by atoms with Crippen molar-refractivity contribution in [3.63, 3.8) is 0 Å². The highest BCUT2D eigenvalue weighted by Crippen LogP contribution is 2.56. The van der Waals surface area contributed by atoms with Gasteiger partial charge < -0.3 is 5.73 Å². The lowest BCUT2D eigenvalue weighted by Gasteiger charge is -2.08. The molecular weight excluding hydrogens is 198 g/mol. The van der Waals surface area contributed by atoms with Crippen molar-refractivity contribution in [3.05, 3.63) is 29.0 Å². The van der Waals surface area contributed by atoms with Gasteiger partial charge in [-0.25, -0.2) is 8.78 Å². The Kier molecular flexibility index (Phi) is 1.63. The average Bonchev–Trinajstić information content (AvgIpc) is 2.53. The van der Waals surface area contributed by atoms with E-state index < -0.39 is 11.5 Å². The quantitative estimate of drug-likeness (QED) is 0.759. The highest BCUT2D eigenvalue weighted by atomic mass is 35.5. The topological polar surface area (TPSA) is 38.9 Å². The van der Waals surface area contributed by atoms with Gasteiger partial charge in [-0.05, 0) is 12.1 Å². The number of nitrogens with zero attached hydrogens (tertiary/aromatic N) is 1. The van der Waals surface area contributed by atoms with Gasteiger partial charge in [0.1, 0.15) is 5.54 Å². The third kappa shape index (κ3) is 1.21. The van der Waals surface area contributed by atoms with E-state index in [1.807, 2.05) is 0 Å². The molecule has 0 amide bonds. The molecule has 0 saturated heterocycles. The predicted molar refractivity (Wildman–Crippen MR) is 44.7 cm³/mol. The highest BCUT2D eigenvalue weighted by molar-refractivity contribution is 6.30. The van der Waals surface area contributed by atoms with Crippen molar-refractivity contribution in [1.82, 2.24) is 4.98 Å². The maximum atomic E-state index is 12.8. The molecule has 70 valence electrons. The molecule has 1 aromatic rings. The number of aromatic nitrogens is 1. The highest BCUT2D eigenvalue weighted by Gasteiger charge is 2.70. The van der Waals surface area contributed by atoms with Crippen LogP contribution in [-0.4, -0.2) is 10.9 Å². The van der Waals surface area contributed by atoms with Gasteiger partial charge in [0.2, 0.25) is 0 Å². The molecule has 1 aliphatic carbocycles. The molecule has 0 bridgehead atoms. The number of rotatable bonds is 1. The SMILES string of the molecule is NC1(c2ccc(Cl)cn2)CC1(F)F. The summed E-state index contributed by atoms with van der Waals surface area (Å²) in [5, 5.41) is 0.413. The molecule has 0 spiro atoms. The smallest absolute Gasteiger partial charge is 0.273 e. The van der Waals surface area contributed by atoms with Crippen LogP contribution in [0.4, 0.5) is 8.78 Å². The van der Waals surface area contributed by atoms with Crippen molar-refractivity contribution in [1.29, 1.82) is 0 Å². The number of nitrogens with two attached hydrogens (primary N) is 1. The Morgan fingerprint density at radius 1 is 1.46 bits per heavy atom. The minimum atomic E-state index is -2.83. The summed E-state index contributed by atoms with van der Waals surface area (Å²) in [5.41, 5.74) is 4.06. The fraction of sp³-hybridized carbons (Fsp3) is 0.375. The fourth-order valence-electron chi connectivity index (χ4n) is 1.22. The van der Waals surface area contributed by atoms with Crippen LogP contribution in [0, 0.1) is 0 Å². The molecule has 2 N–H and O–H groups in total. The van der Waals surface area contributed by atoms with Crippen molar-refractivity contribution in [2.75, 3.05) is 0 Å². The van der Waals surface area contributed by atoms with Crippen molar-refractivity contribution < 1.29 is 8.78 Å². The second-order valence-electron chi connectivity index (χ2n) is 3.21. The summed E-state index contributed by atoms with van der Waals surface area (Å²) in [6.07, 6.45) is 0.981. The Morgan fingerprint density at radius 3 is 2.46 bits per heavy atom. The van der Waals surface area contributed by atoms with Crippen LogP contribution in [-0.2, 0) is 5.54 Å². The van der Waals surface area contributed by atoms with E-state index in [4.69, 9.17) is 17.3 Å². The monoisotopic (exact) mass is 204 g/mol. The van der Waals surface area contributed by atoms with E-state index in [9.17, 15) is 8.78 Å². The van der Waals surface area contributed by atoms with Crippen molar-refractivity contribution >= 4 is 11.6 Å². The third-order valence-corrected chi connectivity index (χ3v) is 2.44. The van der Waals surface area contributed by atoms with Crippen LogP contribution < -0.4 is 5.73 Å². The minimum absolute atomic E-state index is 0.196. The summed E-state index contributed by atoms with van der Waals surface area (Å²) in [5.74, 6) is -2.83.